The fourth-order valence-corrected chi connectivity index (χ4v) is 3.79. The van der Waals surface area contributed by atoms with Crippen molar-refractivity contribution in [2.24, 2.45) is 11.7 Å². The van der Waals surface area contributed by atoms with Gasteiger partial charge in [-0.25, -0.2) is 4.39 Å². The van der Waals surface area contributed by atoms with E-state index in [4.69, 9.17) is 5.73 Å². The third-order valence-electron chi connectivity index (χ3n) is 5.34. The van der Waals surface area contributed by atoms with Gasteiger partial charge in [0.25, 0.3) is 0 Å². The van der Waals surface area contributed by atoms with Gasteiger partial charge in [-0.05, 0) is 57.4 Å². The molecule has 0 aromatic heterocycles. The van der Waals surface area contributed by atoms with Crippen LogP contribution in [-0.2, 0) is 0 Å². The summed E-state index contributed by atoms with van der Waals surface area (Å²) in [6.07, 6.45) is 5.69. The number of rotatable bonds is 6. The lowest BCUT2D eigenvalue weighted by molar-refractivity contribution is 0.171. The lowest BCUT2D eigenvalue weighted by Gasteiger charge is -2.32. The fraction of sp³-hybridized carbons (Fsp3) is 0.684. The summed E-state index contributed by atoms with van der Waals surface area (Å²) in [5.74, 6) is 0.585. The van der Waals surface area contributed by atoms with E-state index >= 15 is 0 Å². The van der Waals surface area contributed by atoms with E-state index in [1.807, 2.05) is 19.1 Å². The van der Waals surface area contributed by atoms with Gasteiger partial charge in [-0.3, -0.25) is 0 Å². The molecule has 0 bridgehead atoms. The zero-order valence-corrected chi connectivity index (χ0v) is 14.0. The van der Waals surface area contributed by atoms with Crippen LogP contribution in [0.25, 0.3) is 0 Å². The number of aryl methyl sites for hydroxylation is 1. The van der Waals surface area contributed by atoms with Crippen molar-refractivity contribution in [3.63, 3.8) is 0 Å². The number of halogens is 1. The Morgan fingerprint density at radius 3 is 2.78 bits per heavy atom. The number of phenolic OH excluding ortho intramolecular Hbond substituents is 1. The molecule has 0 aliphatic heterocycles. The van der Waals surface area contributed by atoms with Crippen molar-refractivity contribution in [3.05, 3.63) is 29.3 Å². The summed E-state index contributed by atoms with van der Waals surface area (Å²) < 4.78 is 13.7. The molecule has 128 valence electrons. The Bertz CT molecular complexity index is 532. The molecule has 1 aromatic rings. The molecule has 0 spiro atoms. The van der Waals surface area contributed by atoms with Gasteiger partial charge in [-0.15, -0.1) is 0 Å². The van der Waals surface area contributed by atoms with E-state index in [1.165, 1.54) is 12.8 Å². The van der Waals surface area contributed by atoms with Crippen molar-refractivity contribution in [1.29, 1.82) is 0 Å². The van der Waals surface area contributed by atoms with E-state index in [9.17, 15) is 9.50 Å². The van der Waals surface area contributed by atoms with Crippen molar-refractivity contribution in [2.75, 3.05) is 0 Å². The molecule has 2 aliphatic carbocycles. The van der Waals surface area contributed by atoms with Gasteiger partial charge >= 0.3 is 0 Å². The minimum atomic E-state index is -0.693. The summed E-state index contributed by atoms with van der Waals surface area (Å²) in [5, 5.41) is 13.9. The summed E-state index contributed by atoms with van der Waals surface area (Å²) in [4.78, 5) is 0. The summed E-state index contributed by atoms with van der Waals surface area (Å²) in [7, 11) is 0. The molecule has 0 radical (unpaired) electrons. The monoisotopic (exact) mass is 320 g/mol. The maximum absolute atomic E-state index is 13.7. The van der Waals surface area contributed by atoms with E-state index in [0.29, 0.717) is 24.6 Å². The highest BCUT2D eigenvalue weighted by Crippen LogP contribution is 2.35. The Balaban J connectivity index is 1.72. The molecule has 1 aromatic carbocycles. The molecular formula is C19H29FN2O. The molecule has 2 saturated carbocycles. The van der Waals surface area contributed by atoms with Crippen LogP contribution in [-0.4, -0.2) is 23.4 Å². The first-order valence-electron chi connectivity index (χ1n) is 8.98. The van der Waals surface area contributed by atoms with Crippen molar-refractivity contribution in [2.45, 2.75) is 76.2 Å². The number of hydrogen-bond donors (Lipinski definition) is 3. The van der Waals surface area contributed by atoms with Crippen molar-refractivity contribution in [1.82, 2.24) is 5.32 Å². The van der Waals surface area contributed by atoms with Crippen LogP contribution in [0.4, 0.5) is 4.39 Å². The molecule has 0 heterocycles. The van der Waals surface area contributed by atoms with E-state index in [0.717, 1.165) is 30.4 Å². The van der Waals surface area contributed by atoms with Crippen LogP contribution in [0, 0.1) is 12.8 Å². The maximum atomic E-state index is 13.7. The summed E-state index contributed by atoms with van der Waals surface area (Å²) in [6.45, 7) is 2.03. The van der Waals surface area contributed by atoms with Crippen LogP contribution in [0.2, 0.25) is 0 Å². The zero-order chi connectivity index (χ0) is 16.4. The smallest absolute Gasteiger partial charge is 0.120 e. The first-order valence-corrected chi connectivity index (χ1v) is 8.98. The molecule has 4 heteroatoms. The molecule has 2 aliphatic rings. The van der Waals surface area contributed by atoms with Crippen LogP contribution < -0.4 is 11.1 Å². The first kappa shape index (κ1) is 16.7. The molecule has 23 heavy (non-hydrogen) atoms. The highest BCUT2D eigenvalue weighted by molar-refractivity contribution is 5.38. The number of nitrogens with one attached hydrogen (secondary N) is 1. The van der Waals surface area contributed by atoms with Crippen LogP contribution >= 0.6 is 0 Å². The van der Waals surface area contributed by atoms with Gasteiger partial charge in [0.15, 0.2) is 0 Å². The Labute approximate surface area is 138 Å². The van der Waals surface area contributed by atoms with Crippen LogP contribution in [0.5, 0.6) is 5.75 Å². The van der Waals surface area contributed by atoms with Crippen molar-refractivity contribution < 1.29 is 9.50 Å². The third-order valence-corrected chi connectivity index (χ3v) is 5.34. The van der Waals surface area contributed by atoms with Crippen molar-refractivity contribution >= 4 is 0 Å². The Hall–Kier alpha value is -1.13. The van der Waals surface area contributed by atoms with E-state index in [1.54, 1.807) is 6.07 Å². The van der Waals surface area contributed by atoms with E-state index in [2.05, 4.69) is 5.32 Å². The highest BCUT2D eigenvalue weighted by atomic mass is 19.1. The maximum Gasteiger partial charge on any atom is 0.120 e. The predicted octanol–water partition coefficient (Wildman–Crippen LogP) is 3.74. The summed E-state index contributed by atoms with van der Waals surface area (Å²) >= 11 is 0. The second-order valence-electron chi connectivity index (χ2n) is 7.48. The normalized spacial score (nSPS) is 27.6. The molecule has 3 unspecified atom stereocenters. The minimum absolute atomic E-state index is 0.0234. The van der Waals surface area contributed by atoms with Crippen LogP contribution in [0.3, 0.4) is 0 Å². The summed E-state index contributed by atoms with van der Waals surface area (Å²) in [6, 6.07) is 6.29. The number of phenols is 1. The number of alkyl halides is 1. The lowest BCUT2D eigenvalue weighted by Crippen LogP contribution is -2.38. The molecule has 3 rings (SSSR count). The van der Waals surface area contributed by atoms with Gasteiger partial charge in [-0.2, -0.15) is 0 Å². The standard InChI is InChI=1S/C19H29FN2O/c1-12-5-8-19(23)16(9-12)18(22-15-6-7-15)11-17(21)13-3-2-4-14(20)10-13/h5,8-9,13-15,17-18,22-23H,2-4,6-7,10-11,21H2,1H3/t13?,14?,17-,18?/m0/s1. The largest absolute Gasteiger partial charge is 0.508 e. The van der Waals surface area contributed by atoms with Gasteiger partial charge in [0.1, 0.15) is 11.9 Å². The van der Waals surface area contributed by atoms with Crippen molar-refractivity contribution in [3.8, 4) is 5.75 Å². The SMILES string of the molecule is Cc1ccc(O)c(C(C[C@H](N)C2CCCC(F)C2)NC2CC2)c1. The average molecular weight is 320 g/mol. The predicted molar refractivity (Wildman–Crippen MR) is 91.2 cm³/mol. The van der Waals surface area contributed by atoms with Gasteiger partial charge in [-0.1, -0.05) is 24.1 Å². The van der Waals surface area contributed by atoms with Gasteiger partial charge in [0.05, 0.1) is 0 Å². The Morgan fingerprint density at radius 1 is 1.30 bits per heavy atom. The highest BCUT2D eigenvalue weighted by Gasteiger charge is 2.32. The first-order chi connectivity index (χ1) is 11.0. The average Bonchev–Trinajstić information content (AvgIpc) is 3.33. The Kier molecular flexibility index (Phi) is 5.22. The van der Waals surface area contributed by atoms with E-state index in [-0.39, 0.29) is 18.0 Å². The van der Waals surface area contributed by atoms with Gasteiger partial charge in [0, 0.05) is 23.7 Å². The fourth-order valence-electron chi connectivity index (χ4n) is 3.79. The second-order valence-corrected chi connectivity index (χ2v) is 7.48. The van der Waals surface area contributed by atoms with Gasteiger partial charge in [0.2, 0.25) is 0 Å². The molecule has 4 atom stereocenters. The van der Waals surface area contributed by atoms with Crippen LogP contribution in [0.1, 0.15) is 62.1 Å². The molecule has 0 saturated heterocycles. The molecular weight excluding hydrogens is 291 g/mol. The summed E-state index contributed by atoms with van der Waals surface area (Å²) in [5.41, 5.74) is 8.51. The second kappa shape index (κ2) is 7.18. The molecule has 4 N–H and O–H groups in total. The van der Waals surface area contributed by atoms with Crippen LogP contribution in [0.15, 0.2) is 18.2 Å². The third kappa shape index (κ3) is 4.45. The topological polar surface area (TPSA) is 58.3 Å². The number of benzene rings is 1. The number of aromatic hydroxyl groups is 1. The molecule has 2 fully saturated rings. The molecule has 3 nitrogen and oxygen atoms in total. The Morgan fingerprint density at radius 2 is 2.09 bits per heavy atom. The van der Waals surface area contributed by atoms with Gasteiger partial charge < -0.3 is 16.2 Å². The van der Waals surface area contributed by atoms with E-state index < -0.39 is 6.17 Å². The number of nitrogens with two attached hydrogens (primary N) is 1. The lowest BCUT2D eigenvalue weighted by atomic mass is 9.80. The zero-order valence-electron chi connectivity index (χ0n) is 14.0. The number of hydrogen-bond acceptors (Lipinski definition) is 3. The molecule has 0 amide bonds. The minimum Gasteiger partial charge on any atom is -0.508 e. The quantitative estimate of drug-likeness (QED) is 0.748.